The third-order valence-corrected chi connectivity index (χ3v) is 6.38. The first-order valence-corrected chi connectivity index (χ1v) is 11.1. The second kappa shape index (κ2) is 7.83. The van der Waals surface area contributed by atoms with Crippen LogP contribution in [0.1, 0.15) is 17.4 Å². The third kappa shape index (κ3) is 3.63. The van der Waals surface area contributed by atoms with Gasteiger partial charge in [0, 0.05) is 17.8 Å². The van der Waals surface area contributed by atoms with Gasteiger partial charge in [-0.1, -0.05) is 0 Å². The summed E-state index contributed by atoms with van der Waals surface area (Å²) in [4.78, 5) is 17.5. The van der Waals surface area contributed by atoms with E-state index in [9.17, 15) is 13.2 Å². The molecule has 8 nitrogen and oxygen atoms in total. The highest BCUT2D eigenvalue weighted by molar-refractivity contribution is 7.91. The van der Waals surface area contributed by atoms with E-state index in [-0.39, 0.29) is 23.1 Å². The minimum Gasteiger partial charge on any atom is -0.497 e. The fraction of sp³-hybridized carbons (Fsp3) is 0.238. The van der Waals surface area contributed by atoms with Gasteiger partial charge in [0.2, 0.25) is 15.0 Å². The van der Waals surface area contributed by atoms with Crippen LogP contribution < -0.4 is 14.8 Å². The van der Waals surface area contributed by atoms with Crippen molar-refractivity contribution in [3.05, 3.63) is 54.2 Å². The summed E-state index contributed by atoms with van der Waals surface area (Å²) in [6, 6.07) is 13.9. The Kier molecular flexibility index (Phi) is 5.21. The van der Waals surface area contributed by atoms with Crippen LogP contribution in [0.15, 0.2) is 53.7 Å². The van der Waals surface area contributed by atoms with E-state index in [2.05, 4.69) is 10.3 Å². The molecule has 1 aliphatic rings. The summed E-state index contributed by atoms with van der Waals surface area (Å²) in [5.74, 6) is 0.853. The minimum atomic E-state index is -3.52. The lowest BCUT2D eigenvalue weighted by Crippen LogP contribution is -2.17. The molecular weight excluding hydrogens is 406 g/mol. The molecule has 0 bridgehead atoms. The smallest absolute Gasteiger partial charge is 0.274 e. The number of hydrogen-bond acceptors (Lipinski definition) is 6. The van der Waals surface area contributed by atoms with Gasteiger partial charge in [0.1, 0.15) is 22.9 Å². The number of nitrogens with zero attached hydrogens (tertiary/aromatic N) is 2. The Morgan fingerprint density at radius 1 is 1.10 bits per heavy atom. The van der Waals surface area contributed by atoms with E-state index in [4.69, 9.17) is 9.47 Å². The number of imidazole rings is 1. The summed E-state index contributed by atoms with van der Waals surface area (Å²) >= 11 is 0. The fourth-order valence-corrected chi connectivity index (χ4v) is 4.71. The quantitative estimate of drug-likeness (QED) is 0.649. The van der Waals surface area contributed by atoms with E-state index in [1.807, 2.05) is 6.92 Å². The Labute approximate surface area is 174 Å². The molecule has 9 heteroatoms. The van der Waals surface area contributed by atoms with Crippen LogP contribution in [-0.2, 0) is 16.4 Å². The van der Waals surface area contributed by atoms with Crippen molar-refractivity contribution in [1.29, 1.82) is 0 Å². The summed E-state index contributed by atoms with van der Waals surface area (Å²) in [6.07, 6.45) is 0. The molecule has 0 spiro atoms. The molecule has 0 saturated carbocycles. The number of ether oxygens (including phenoxy) is 2. The molecule has 1 N–H and O–H groups in total. The molecule has 1 aromatic heterocycles. The van der Waals surface area contributed by atoms with E-state index < -0.39 is 15.7 Å². The second-order valence-corrected chi connectivity index (χ2v) is 8.71. The molecule has 2 aromatic carbocycles. The Morgan fingerprint density at radius 2 is 1.77 bits per heavy atom. The summed E-state index contributed by atoms with van der Waals surface area (Å²) in [7, 11) is -1.96. The molecule has 0 aliphatic carbocycles. The Morgan fingerprint density at radius 3 is 2.40 bits per heavy atom. The zero-order chi connectivity index (χ0) is 21.3. The van der Waals surface area contributed by atoms with Crippen molar-refractivity contribution in [2.75, 3.05) is 24.8 Å². The average Bonchev–Trinajstić information content (AvgIpc) is 3.27. The fourth-order valence-electron chi connectivity index (χ4n) is 3.35. The number of fused-ring (bicyclic) bond motifs is 1. The number of methoxy groups -OCH3 is 1. The monoisotopic (exact) mass is 427 g/mol. The molecule has 0 unspecified atom stereocenters. The lowest BCUT2D eigenvalue weighted by Gasteiger charge is -2.10. The number of hydrogen-bond donors (Lipinski definition) is 1. The molecule has 1 aliphatic heterocycles. The van der Waals surface area contributed by atoms with E-state index in [1.165, 1.54) is 4.57 Å². The first kappa shape index (κ1) is 20.0. The Balaban J connectivity index is 1.73. The van der Waals surface area contributed by atoms with Crippen molar-refractivity contribution in [3.63, 3.8) is 0 Å². The molecule has 0 atom stereocenters. The van der Waals surface area contributed by atoms with Gasteiger partial charge in [-0.2, -0.15) is 0 Å². The van der Waals surface area contributed by atoms with Crippen LogP contribution in [0, 0.1) is 0 Å². The summed E-state index contributed by atoms with van der Waals surface area (Å²) < 4.78 is 36.8. The standard InChI is InChI=1S/C21H21N3O5S/c1-3-29-17-10-6-15(7-11-17)22-20(25)19-18(14-4-8-16(28-2)9-5-14)23-21-24(19)12-13-30(21,26)27/h4-11H,3,12-13H2,1-2H3,(H,22,25). The lowest BCUT2D eigenvalue weighted by molar-refractivity contribution is 0.101. The van der Waals surface area contributed by atoms with Gasteiger partial charge in [0.25, 0.3) is 5.91 Å². The molecule has 156 valence electrons. The average molecular weight is 427 g/mol. The number of aromatic nitrogens is 2. The molecule has 30 heavy (non-hydrogen) atoms. The number of carbonyl (C=O) groups excluding carboxylic acids is 1. The molecule has 0 saturated heterocycles. The van der Waals surface area contributed by atoms with Gasteiger partial charge in [-0.25, -0.2) is 13.4 Å². The van der Waals surface area contributed by atoms with E-state index in [0.29, 0.717) is 35.1 Å². The SMILES string of the molecule is CCOc1ccc(NC(=O)c2c(-c3ccc(OC)cc3)nc3n2CCS3(=O)=O)cc1. The molecule has 1 amide bonds. The van der Waals surface area contributed by atoms with Gasteiger partial charge in [0.15, 0.2) is 0 Å². The van der Waals surface area contributed by atoms with Crippen LogP contribution in [0.3, 0.4) is 0 Å². The van der Waals surface area contributed by atoms with Crippen LogP contribution in [0.25, 0.3) is 11.3 Å². The summed E-state index contributed by atoms with van der Waals surface area (Å²) in [6.45, 7) is 2.63. The van der Waals surface area contributed by atoms with E-state index in [0.717, 1.165) is 0 Å². The zero-order valence-corrected chi connectivity index (χ0v) is 17.4. The van der Waals surface area contributed by atoms with Gasteiger partial charge in [-0.3, -0.25) is 4.79 Å². The zero-order valence-electron chi connectivity index (χ0n) is 16.6. The number of carbonyl (C=O) groups is 1. The largest absolute Gasteiger partial charge is 0.497 e. The van der Waals surface area contributed by atoms with Crippen molar-refractivity contribution >= 4 is 21.4 Å². The van der Waals surface area contributed by atoms with Crippen LogP contribution in [-0.4, -0.2) is 43.3 Å². The molecule has 0 fully saturated rings. The van der Waals surface area contributed by atoms with Gasteiger partial charge < -0.3 is 19.4 Å². The number of sulfone groups is 1. The number of anilines is 1. The summed E-state index contributed by atoms with van der Waals surface area (Å²) in [5, 5.41) is 2.75. The van der Waals surface area contributed by atoms with Crippen molar-refractivity contribution in [2.45, 2.75) is 18.6 Å². The highest BCUT2D eigenvalue weighted by Crippen LogP contribution is 2.32. The number of amides is 1. The predicted molar refractivity (Wildman–Crippen MR) is 112 cm³/mol. The number of benzene rings is 2. The maximum atomic E-state index is 13.2. The van der Waals surface area contributed by atoms with Gasteiger partial charge in [-0.15, -0.1) is 0 Å². The van der Waals surface area contributed by atoms with Gasteiger partial charge in [-0.05, 0) is 55.5 Å². The normalized spacial score (nSPS) is 14.2. The Hall–Kier alpha value is -3.33. The first-order valence-electron chi connectivity index (χ1n) is 9.45. The van der Waals surface area contributed by atoms with Gasteiger partial charge in [0.05, 0.1) is 19.5 Å². The number of nitrogens with one attached hydrogen (secondary N) is 1. The van der Waals surface area contributed by atoms with E-state index >= 15 is 0 Å². The summed E-state index contributed by atoms with van der Waals surface area (Å²) in [5.41, 5.74) is 1.73. The molecule has 0 radical (unpaired) electrons. The second-order valence-electron chi connectivity index (χ2n) is 6.70. The minimum absolute atomic E-state index is 0.0679. The number of rotatable bonds is 6. The Bertz CT molecular complexity index is 1180. The first-order chi connectivity index (χ1) is 14.4. The van der Waals surface area contributed by atoms with Crippen molar-refractivity contribution in [2.24, 2.45) is 0 Å². The van der Waals surface area contributed by atoms with E-state index in [1.54, 1.807) is 55.6 Å². The predicted octanol–water partition coefficient (Wildman–Crippen LogP) is 3.00. The van der Waals surface area contributed by atoms with Crippen LogP contribution in [0.4, 0.5) is 5.69 Å². The maximum absolute atomic E-state index is 13.2. The van der Waals surface area contributed by atoms with Gasteiger partial charge >= 0.3 is 0 Å². The third-order valence-electron chi connectivity index (χ3n) is 4.80. The van der Waals surface area contributed by atoms with Crippen LogP contribution >= 0.6 is 0 Å². The molecular formula is C21H21N3O5S. The maximum Gasteiger partial charge on any atom is 0.274 e. The van der Waals surface area contributed by atoms with Crippen molar-refractivity contribution in [1.82, 2.24) is 9.55 Å². The van der Waals surface area contributed by atoms with Crippen molar-refractivity contribution in [3.8, 4) is 22.8 Å². The van der Waals surface area contributed by atoms with Crippen LogP contribution in [0.5, 0.6) is 11.5 Å². The topological polar surface area (TPSA) is 99.5 Å². The lowest BCUT2D eigenvalue weighted by atomic mass is 10.1. The molecule has 3 aromatic rings. The molecule has 2 heterocycles. The molecule has 4 rings (SSSR count). The van der Waals surface area contributed by atoms with Crippen LogP contribution in [0.2, 0.25) is 0 Å². The van der Waals surface area contributed by atoms with Crippen molar-refractivity contribution < 1.29 is 22.7 Å². The highest BCUT2D eigenvalue weighted by atomic mass is 32.2. The highest BCUT2D eigenvalue weighted by Gasteiger charge is 2.35.